The van der Waals surface area contributed by atoms with Crippen LogP contribution in [0.1, 0.15) is 0 Å². The Morgan fingerprint density at radius 3 is 2.29 bits per heavy atom. The van der Waals surface area contributed by atoms with E-state index in [0.717, 1.165) is 37.5 Å². The van der Waals surface area contributed by atoms with Crippen molar-refractivity contribution in [2.24, 2.45) is 0 Å². The Morgan fingerprint density at radius 1 is 0.952 bits per heavy atom. The molecular formula is C16H18BNO3. The van der Waals surface area contributed by atoms with Gasteiger partial charge in [-0.25, -0.2) is 0 Å². The number of anilines is 1. The standard InChI is InChI=1S/C16H18BNO3/c19-17(14-4-2-1-3-5-14)21-16-8-6-15(7-9-16)18-10-12-20-13-11-18/h1-9,19H,10-13H2. The fourth-order valence-corrected chi connectivity index (χ4v) is 2.37. The number of hydrogen-bond acceptors (Lipinski definition) is 4. The maximum atomic E-state index is 10.0. The first-order chi connectivity index (χ1) is 10.3. The minimum atomic E-state index is -0.944. The number of nitrogens with zero attached hydrogens (tertiary/aromatic N) is 1. The van der Waals surface area contributed by atoms with Crippen LogP contribution >= 0.6 is 0 Å². The zero-order valence-electron chi connectivity index (χ0n) is 11.8. The maximum absolute atomic E-state index is 10.0. The van der Waals surface area contributed by atoms with Gasteiger partial charge in [-0.05, 0) is 29.7 Å². The third-order valence-electron chi connectivity index (χ3n) is 3.55. The van der Waals surface area contributed by atoms with Gasteiger partial charge in [0.05, 0.1) is 13.2 Å². The van der Waals surface area contributed by atoms with Crippen LogP contribution in [-0.4, -0.2) is 38.4 Å². The summed E-state index contributed by atoms with van der Waals surface area (Å²) >= 11 is 0. The molecule has 21 heavy (non-hydrogen) atoms. The summed E-state index contributed by atoms with van der Waals surface area (Å²) < 4.78 is 10.9. The van der Waals surface area contributed by atoms with E-state index in [0.29, 0.717) is 5.75 Å². The Hall–Kier alpha value is -1.98. The molecule has 0 atom stereocenters. The van der Waals surface area contributed by atoms with E-state index in [1.165, 1.54) is 0 Å². The molecule has 0 bridgehead atoms. The van der Waals surface area contributed by atoms with Crippen molar-refractivity contribution in [2.45, 2.75) is 0 Å². The molecule has 1 heterocycles. The van der Waals surface area contributed by atoms with Crippen LogP contribution < -0.4 is 15.0 Å². The van der Waals surface area contributed by atoms with Crippen LogP contribution in [0.4, 0.5) is 5.69 Å². The summed E-state index contributed by atoms with van der Waals surface area (Å²) in [6.07, 6.45) is 0. The third-order valence-corrected chi connectivity index (χ3v) is 3.55. The molecule has 1 aliphatic rings. The van der Waals surface area contributed by atoms with E-state index in [9.17, 15) is 5.02 Å². The minimum absolute atomic E-state index is 0.656. The highest BCUT2D eigenvalue weighted by Gasteiger charge is 2.18. The Morgan fingerprint density at radius 2 is 1.62 bits per heavy atom. The third kappa shape index (κ3) is 3.57. The lowest BCUT2D eigenvalue weighted by molar-refractivity contribution is 0.122. The van der Waals surface area contributed by atoms with Gasteiger partial charge in [0, 0.05) is 18.8 Å². The summed E-state index contributed by atoms with van der Waals surface area (Å²) in [6, 6.07) is 17.1. The van der Waals surface area contributed by atoms with Gasteiger partial charge in [-0.2, -0.15) is 0 Å². The van der Waals surface area contributed by atoms with E-state index in [1.54, 1.807) is 0 Å². The second kappa shape index (κ2) is 6.65. The summed E-state index contributed by atoms with van der Waals surface area (Å²) in [5, 5.41) is 10.0. The van der Waals surface area contributed by atoms with Crippen molar-refractivity contribution in [1.82, 2.24) is 0 Å². The van der Waals surface area contributed by atoms with Gasteiger partial charge in [-0.15, -0.1) is 0 Å². The minimum Gasteiger partial charge on any atom is -0.532 e. The summed E-state index contributed by atoms with van der Waals surface area (Å²) in [6.45, 7) is 3.36. The second-order valence-corrected chi connectivity index (χ2v) is 4.97. The van der Waals surface area contributed by atoms with Gasteiger partial charge >= 0.3 is 7.12 Å². The van der Waals surface area contributed by atoms with Gasteiger partial charge < -0.3 is 19.3 Å². The van der Waals surface area contributed by atoms with Gasteiger partial charge in [-0.3, -0.25) is 0 Å². The molecule has 0 aliphatic carbocycles. The van der Waals surface area contributed by atoms with Crippen molar-refractivity contribution < 1.29 is 14.4 Å². The Kier molecular flexibility index (Phi) is 4.43. The van der Waals surface area contributed by atoms with Crippen LogP contribution in [-0.2, 0) is 4.74 Å². The second-order valence-electron chi connectivity index (χ2n) is 4.97. The Labute approximate surface area is 125 Å². The number of ether oxygens (including phenoxy) is 1. The lowest BCUT2D eigenvalue weighted by Gasteiger charge is -2.28. The molecule has 0 spiro atoms. The van der Waals surface area contributed by atoms with Crippen molar-refractivity contribution in [3.63, 3.8) is 0 Å². The zero-order chi connectivity index (χ0) is 14.5. The molecule has 1 saturated heterocycles. The summed E-state index contributed by atoms with van der Waals surface area (Å²) in [7, 11) is -0.944. The van der Waals surface area contributed by atoms with E-state index < -0.39 is 7.12 Å². The van der Waals surface area contributed by atoms with Crippen LogP contribution in [0.15, 0.2) is 54.6 Å². The molecule has 2 aromatic carbocycles. The molecule has 2 aromatic rings. The first kappa shape index (κ1) is 14.0. The molecule has 3 rings (SSSR count). The van der Waals surface area contributed by atoms with Gasteiger partial charge in [0.15, 0.2) is 0 Å². The predicted octanol–water partition coefficient (Wildman–Crippen LogP) is 1.29. The first-order valence-corrected chi connectivity index (χ1v) is 7.15. The molecule has 0 radical (unpaired) electrons. The first-order valence-electron chi connectivity index (χ1n) is 7.15. The van der Waals surface area contributed by atoms with Crippen LogP contribution in [0.3, 0.4) is 0 Å². The van der Waals surface area contributed by atoms with Crippen molar-refractivity contribution in [2.75, 3.05) is 31.2 Å². The maximum Gasteiger partial charge on any atom is 0.560 e. The average Bonchev–Trinajstić information content (AvgIpc) is 2.57. The molecule has 0 amide bonds. The van der Waals surface area contributed by atoms with Crippen molar-refractivity contribution in [3.8, 4) is 5.75 Å². The lowest BCUT2D eigenvalue weighted by atomic mass is 9.79. The summed E-state index contributed by atoms with van der Waals surface area (Å²) in [5.41, 5.74) is 1.90. The van der Waals surface area contributed by atoms with Crippen LogP contribution in [0.5, 0.6) is 5.75 Å². The topological polar surface area (TPSA) is 41.9 Å². The number of rotatable bonds is 4. The van der Waals surface area contributed by atoms with Gasteiger partial charge in [-0.1, -0.05) is 30.3 Å². The number of benzene rings is 2. The molecule has 108 valence electrons. The zero-order valence-corrected chi connectivity index (χ0v) is 11.8. The van der Waals surface area contributed by atoms with E-state index in [-0.39, 0.29) is 0 Å². The van der Waals surface area contributed by atoms with Crippen molar-refractivity contribution >= 4 is 18.3 Å². The highest BCUT2D eigenvalue weighted by atomic mass is 16.5. The Bertz CT molecular complexity index is 555. The van der Waals surface area contributed by atoms with E-state index in [4.69, 9.17) is 9.39 Å². The molecule has 1 fully saturated rings. The van der Waals surface area contributed by atoms with Crippen LogP contribution in [0.25, 0.3) is 0 Å². The van der Waals surface area contributed by atoms with Gasteiger partial charge in [0.2, 0.25) is 0 Å². The quantitative estimate of drug-likeness (QED) is 0.859. The predicted molar refractivity (Wildman–Crippen MR) is 84.2 cm³/mol. The molecule has 4 nitrogen and oxygen atoms in total. The van der Waals surface area contributed by atoms with E-state index in [2.05, 4.69) is 4.90 Å². The fraction of sp³-hybridized carbons (Fsp3) is 0.250. The SMILES string of the molecule is OB(Oc1ccc(N2CCOCC2)cc1)c1ccccc1. The normalized spacial score (nSPS) is 14.8. The van der Waals surface area contributed by atoms with Crippen molar-refractivity contribution in [1.29, 1.82) is 0 Å². The molecule has 1 aliphatic heterocycles. The average molecular weight is 283 g/mol. The number of morpholine rings is 1. The monoisotopic (exact) mass is 283 g/mol. The molecular weight excluding hydrogens is 265 g/mol. The molecule has 1 N–H and O–H groups in total. The summed E-state index contributed by atoms with van der Waals surface area (Å²) in [4.78, 5) is 2.28. The van der Waals surface area contributed by atoms with Gasteiger partial charge in [0.25, 0.3) is 0 Å². The van der Waals surface area contributed by atoms with E-state index in [1.807, 2.05) is 54.6 Å². The van der Waals surface area contributed by atoms with Crippen LogP contribution in [0, 0.1) is 0 Å². The summed E-state index contributed by atoms with van der Waals surface area (Å²) in [5.74, 6) is 0.656. The molecule has 0 aromatic heterocycles. The van der Waals surface area contributed by atoms with Gasteiger partial charge in [0.1, 0.15) is 5.75 Å². The fourth-order valence-electron chi connectivity index (χ4n) is 2.37. The largest absolute Gasteiger partial charge is 0.560 e. The Balaban J connectivity index is 1.64. The van der Waals surface area contributed by atoms with Crippen molar-refractivity contribution in [3.05, 3.63) is 54.6 Å². The molecule has 5 heteroatoms. The number of hydrogen-bond donors (Lipinski definition) is 1. The highest BCUT2D eigenvalue weighted by Crippen LogP contribution is 2.20. The highest BCUT2D eigenvalue weighted by molar-refractivity contribution is 6.60. The lowest BCUT2D eigenvalue weighted by Crippen LogP contribution is -2.37. The van der Waals surface area contributed by atoms with E-state index >= 15 is 0 Å². The smallest absolute Gasteiger partial charge is 0.532 e. The molecule has 0 saturated carbocycles. The molecule has 0 unspecified atom stereocenters. The van der Waals surface area contributed by atoms with Crippen LogP contribution in [0.2, 0.25) is 0 Å².